The maximum atomic E-state index is 12.4. The Morgan fingerprint density at radius 3 is 2.50 bits per heavy atom. The second-order valence-electron chi connectivity index (χ2n) is 6.72. The van der Waals surface area contributed by atoms with Gasteiger partial charge < -0.3 is 4.74 Å². The highest BCUT2D eigenvalue weighted by Crippen LogP contribution is 2.13. The molecule has 0 atom stereocenters. The van der Waals surface area contributed by atoms with Gasteiger partial charge in [0.15, 0.2) is 5.11 Å². The number of nitrogens with zero attached hydrogens (tertiary/aromatic N) is 2. The van der Waals surface area contributed by atoms with Crippen molar-refractivity contribution in [1.82, 2.24) is 9.99 Å². The van der Waals surface area contributed by atoms with E-state index >= 15 is 0 Å². The summed E-state index contributed by atoms with van der Waals surface area (Å²) >= 11 is 5.13. The summed E-state index contributed by atoms with van der Waals surface area (Å²) in [5.74, 6) is 0.657. The van der Waals surface area contributed by atoms with E-state index in [0.717, 1.165) is 4.68 Å². The van der Waals surface area contributed by atoms with Gasteiger partial charge in [0.25, 0.3) is 11.5 Å². The number of rotatable bonds is 5. The van der Waals surface area contributed by atoms with Crippen molar-refractivity contribution in [3.8, 4) is 11.8 Å². The molecule has 8 heteroatoms. The molecule has 0 saturated carbocycles. The van der Waals surface area contributed by atoms with Crippen LogP contribution in [0.2, 0.25) is 0 Å². The number of aryl methyl sites for hydroxylation is 2. The van der Waals surface area contributed by atoms with Crippen LogP contribution in [0.3, 0.4) is 0 Å². The first-order valence-corrected chi connectivity index (χ1v) is 9.12. The predicted octanol–water partition coefficient (Wildman–Crippen LogP) is 2.63. The smallest absolute Gasteiger partial charge is 0.287 e. The molecule has 146 valence electrons. The maximum Gasteiger partial charge on any atom is 0.287 e. The zero-order valence-electron chi connectivity index (χ0n) is 16.2. The Morgan fingerprint density at radius 1 is 1.29 bits per heavy atom. The molecule has 2 aromatic rings. The first-order chi connectivity index (χ1) is 13.2. The molecule has 0 spiro atoms. The van der Waals surface area contributed by atoms with Gasteiger partial charge in [0, 0.05) is 11.3 Å². The van der Waals surface area contributed by atoms with Crippen molar-refractivity contribution in [3.05, 3.63) is 63.1 Å². The van der Waals surface area contributed by atoms with Gasteiger partial charge in [-0.15, -0.1) is 0 Å². The SMILES string of the molecule is Cc1cc(C)n(NC(=S)NC(=O)c2ccc(OCC(C)C)cc2)c(=O)c1C#N. The molecule has 7 nitrogen and oxygen atoms in total. The van der Waals surface area contributed by atoms with Crippen LogP contribution in [0.25, 0.3) is 0 Å². The van der Waals surface area contributed by atoms with Crippen LogP contribution in [-0.4, -0.2) is 22.3 Å². The summed E-state index contributed by atoms with van der Waals surface area (Å²) in [5, 5.41) is 11.6. The van der Waals surface area contributed by atoms with E-state index in [1.54, 1.807) is 44.2 Å². The lowest BCUT2D eigenvalue weighted by Crippen LogP contribution is -2.43. The van der Waals surface area contributed by atoms with Crippen molar-refractivity contribution < 1.29 is 9.53 Å². The topological polar surface area (TPSA) is 96.2 Å². The Morgan fingerprint density at radius 2 is 1.93 bits per heavy atom. The Hall–Kier alpha value is -3.18. The average molecular weight is 398 g/mol. The van der Waals surface area contributed by atoms with Crippen molar-refractivity contribution in [2.45, 2.75) is 27.7 Å². The molecule has 0 saturated heterocycles. The van der Waals surface area contributed by atoms with E-state index in [2.05, 4.69) is 24.6 Å². The Balaban J connectivity index is 2.07. The number of hydrogen-bond acceptors (Lipinski definition) is 5. The highest BCUT2D eigenvalue weighted by molar-refractivity contribution is 7.80. The number of carbonyl (C=O) groups is 1. The van der Waals surface area contributed by atoms with Gasteiger partial charge in [0.1, 0.15) is 17.4 Å². The van der Waals surface area contributed by atoms with Crippen molar-refractivity contribution in [2.24, 2.45) is 5.92 Å². The van der Waals surface area contributed by atoms with Gasteiger partial charge in [-0.3, -0.25) is 20.3 Å². The highest BCUT2D eigenvalue weighted by atomic mass is 32.1. The van der Waals surface area contributed by atoms with Crippen molar-refractivity contribution in [3.63, 3.8) is 0 Å². The highest BCUT2D eigenvalue weighted by Gasteiger charge is 2.13. The van der Waals surface area contributed by atoms with E-state index in [1.807, 2.05) is 6.07 Å². The summed E-state index contributed by atoms with van der Waals surface area (Å²) in [6.07, 6.45) is 0. The van der Waals surface area contributed by atoms with Crippen LogP contribution < -0.4 is 21.0 Å². The largest absolute Gasteiger partial charge is 0.493 e. The first kappa shape index (κ1) is 21.1. The zero-order chi connectivity index (χ0) is 20.8. The summed E-state index contributed by atoms with van der Waals surface area (Å²) in [5.41, 5.74) is 3.68. The normalized spacial score (nSPS) is 10.3. The summed E-state index contributed by atoms with van der Waals surface area (Å²) in [4.78, 5) is 24.7. The van der Waals surface area contributed by atoms with E-state index in [-0.39, 0.29) is 10.7 Å². The fraction of sp³-hybridized carbons (Fsp3) is 0.300. The number of nitriles is 1. The molecule has 2 N–H and O–H groups in total. The van der Waals surface area contributed by atoms with E-state index < -0.39 is 11.5 Å². The lowest BCUT2D eigenvalue weighted by Gasteiger charge is -2.15. The third kappa shape index (κ3) is 5.18. The third-order valence-corrected chi connectivity index (χ3v) is 4.03. The molecule has 0 radical (unpaired) electrons. The minimum atomic E-state index is -0.525. The summed E-state index contributed by atoms with van der Waals surface area (Å²) in [7, 11) is 0. The van der Waals surface area contributed by atoms with E-state index in [4.69, 9.17) is 22.2 Å². The Labute approximate surface area is 168 Å². The van der Waals surface area contributed by atoms with Crippen LogP contribution in [0.5, 0.6) is 5.75 Å². The number of pyridine rings is 1. The molecule has 1 aromatic carbocycles. The molecule has 2 rings (SSSR count). The monoisotopic (exact) mass is 398 g/mol. The third-order valence-electron chi connectivity index (χ3n) is 3.84. The standard InChI is InChI=1S/C20H22N4O3S/c1-12(2)11-27-16-7-5-15(6-8-16)18(25)22-20(28)23-24-14(4)9-13(3)17(10-21)19(24)26/h5-9,12H,11H2,1-4H3,(H2,22,23,25,28). The Bertz CT molecular complexity index is 988. The van der Waals surface area contributed by atoms with Crippen LogP contribution in [-0.2, 0) is 0 Å². The number of amides is 1. The summed E-state index contributed by atoms with van der Waals surface area (Å²) < 4.78 is 6.72. The van der Waals surface area contributed by atoms with Crippen molar-refractivity contribution in [1.29, 1.82) is 5.26 Å². The fourth-order valence-corrected chi connectivity index (χ4v) is 2.62. The van der Waals surface area contributed by atoms with E-state index in [1.165, 1.54) is 0 Å². The lowest BCUT2D eigenvalue weighted by atomic mass is 10.1. The number of benzene rings is 1. The van der Waals surface area contributed by atoms with Crippen molar-refractivity contribution in [2.75, 3.05) is 12.0 Å². The number of thiocarbonyl (C=S) groups is 1. The van der Waals surface area contributed by atoms with Crippen molar-refractivity contribution >= 4 is 23.2 Å². The van der Waals surface area contributed by atoms with Gasteiger partial charge in [-0.2, -0.15) is 5.26 Å². The number of aromatic nitrogens is 1. The predicted molar refractivity (Wildman–Crippen MR) is 111 cm³/mol. The second kappa shape index (κ2) is 9.15. The van der Waals surface area contributed by atoms with Gasteiger partial charge in [-0.25, -0.2) is 4.68 Å². The molecule has 0 aliphatic heterocycles. The van der Waals surface area contributed by atoms with E-state index in [9.17, 15) is 9.59 Å². The molecule has 0 aliphatic carbocycles. The summed E-state index contributed by atoms with van der Waals surface area (Å²) in [6.45, 7) is 8.08. The van der Waals surface area contributed by atoms with Crippen LogP contribution in [0, 0.1) is 31.1 Å². The quantitative estimate of drug-likeness (QED) is 0.752. The fourth-order valence-electron chi connectivity index (χ4n) is 2.44. The zero-order valence-corrected chi connectivity index (χ0v) is 17.0. The first-order valence-electron chi connectivity index (χ1n) is 8.71. The van der Waals surface area contributed by atoms with Crippen LogP contribution in [0.15, 0.2) is 35.1 Å². The molecule has 1 amide bonds. The van der Waals surface area contributed by atoms with Gasteiger partial charge in [0.05, 0.1) is 6.61 Å². The Kier molecular flexibility index (Phi) is 6.90. The molecule has 0 fully saturated rings. The van der Waals surface area contributed by atoms with E-state index in [0.29, 0.717) is 35.1 Å². The minimum Gasteiger partial charge on any atom is -0.493 e. The summed E-state index contributed by atoms with van der Waals surface area (Å²) in [6, 6.07) is 10.2. The van der Waals surface area contributed by atoms with Crippen LogP contribution in [0.1, 0.15) is 41.0 Å². The van der Waals surface area contributed by atoms with Gasteiger partial charge in [-0.1, -0.05) is 13.8 Å². The molecule has 1 heterocycles. The minimum absolute atomic E-state index is 0.0178. The number of hydrogen-bond donors (Lipinski definition) is 2. The lowest BCUT2D eigenvalue weighted by molar-refractivity contribution is 0.0977. The number of carbonyl (C=O) groups excluding carboxylic acids is 1. The molecule has 0 bridgehead atoms. The van der Waals surface area contributed by atoms with Gasteiger partial charge in [0.2, 0.25) is 0 Å². The molecule has 28 heavy (non-hydrogen) atoms. The molecular formula is C20H22N4O3S. The molecular weight excluding hydrogens is 376 g/mol. The van der Waals surface area contributed by atoms with Crippen LogP contribution >= 0.6 is 12.2 Å². The number of nitrogens with one attached hydrogen (secondary N) is 2. The molecule has 1 aromatic heterocycles. The average Bonchev–Trinajstić information content (AvgIpc) is 2.64. The molecule has 0 aliphatic rings. The number of ether oxygens (including phenoxy) is 1. The van der Waals surface area contributed by atoms with Crippen LogP contribution in [0.4, 0.5) is 0 Å². The second-order valence-corrected chi connectivity index (χ2v) is 7.13. The molecule has 0 unspecified atom stereocenters. The maximum absolute atomic E-state index is 12.4. The van der Waals surface area contributed by atoms with Gasteiger partial charge >= 0.3 is 0 Å². The van der Waals surface area contributed by atoms with Gasteiger partial charge in [-0.05, 0) is 67.9 Å².